The molecule has 3 aromatic heterocycles. The van der Waals surface area contributed by atoms with E-state index in [2.05, 4.69) is 15.1 Å². The van der Waals surface area contributed by atoms with Crippen LogP contribution in [0.25, 0.3) is 27.2 Å². The second-order valence-corrected chi connectivity index (χ2v) is 6.69. The summed E-state index contributed by atoms with van der Waals surface area (Å²) in [6.07, 6.45) is 2.84. The van der Waals surface area contributed by atoms with E-state index in [0.29, 0.717) is 5.82 Å². The third-order valence-electron chi connectivity index (χ3n) is 4.23. The van der Waals surface area contributed by atoms with Gasteiger partial charge in [-0.05, 0) is 24.6 Å². The van der Waals surface area contributed by atoms with Crippen molar-refractivity contribution >= 4 is 33.3 Å². The summed E-state index contributed by atoms with van der Waals surface area (Å²) in [6, 6.07) is 7.72. The molecule has 28 heavy (non-hydrogen) atoms. The number of esters is 1. The summed E-state index contributed by atoms with van der Waals surface area (Å²) >= 11 is 1.49. The van der Waals surface area contributed by atoms with Crippen LogP contribution in [-0.4, -0.2) is 39.4 Å². The van der Waals surface area contributed by atoms with Gasteiger partial charge in [0.1, 0.15) is 28.3 Å². The van der Waals surface area contributed by atoms with Crippen molar-refractivity contribution in [2.24, 2.45) is 0 Å². The van der Waals surface area contributed by atoms with Gasteiger partial charge >= 0.3 is 5.97 Å². The predicted octanol–water partition coefficient (Wildman–Crippen LogP) is 3.31. The zero-order chi connectivity index (χ0) is 19.7. The SMILES string of the molecule is CCOC(=O)c1cnn(-c2ncnc3scc(-c4cccc(OC)c4)c23)c1N. The number of nitrogens with two attached hydrogens (primary N) is 1. The molecule has 4 aromatic rings. The summed E-state index contributed by atoms with van der Waals surface area (Å²) in [5.74, 6) is 0.895. The molecule has 0 aliphatic carbocycles. The third-order valence-corrected chi connectivity index (χ3v) is 5.12. The summed E-state index contributed by atoms with van der Waals surface area (Å²) in [5.41, 5.74) is 8.27. The normalized spacial score (nSPS) is 10.9. The Bertz CT molecular complexity index is 1170. The molecule has 0 saturated heterocycles. The number of carbonyl (C=O) groups excluding carboxylic acids is 1. The van der Waals surface area contributed by atoms with Crippen LogP contribution >= 0.6 is 11.3 Å². The molecule has 9 heteroatoms. The van der Waals surface area contributed by atoms with E-state index < -0.39 is 5.97 Å². The Kier molecular flexibility index (Phi) is 4.66. The predicted molar refractivity (Wildman–Crippen MR) is 107 cm³/mol. The van der Waals surface area contributed by atoms with Crippen LogP contribution in [0, 0.1) is 0 Å². The maximum absolute atomic E-state index is 12.1. The number of carbonyl (C=O) groups is 1. The highest BCUT2D eigenvalue weighted by Gasteiger charge is 2.21. The van der Waals surface area contributed by atoms with Gasteiger partial charge in [-0.25, -0.2) is 14.8 Å². The Morgan fingerprint density at radius 1 is 1.32 bits per heavy atom. The fourth-order valence-electron chi connectivity index (χ4n) is 2.92. The molecule has 1 aromatic carbocycles. The molecule has 0 atom stereocenters. The van der Waals surface area contributed by atoms with Crippen molar-refractivity contribution in [2.75, 3.05) is 19.5 Å². The summed E-state index contributed by atoms with van der Waals surface area (Å²) in [4.78, 5) is 21.6. The van der Waals surface area contributed by atoms with Crippen LogP contribution in [0.1, 0.15) is 17.3 Å². The Morgan fingerprint density at radius 3 is 2.96 bits per heavy atom. The molecule has 0 aliphatic rings. The number of benzene rings is 1. The van der Waals surface area contributed by atoms with Gasteiger partial charge in [-0.1, -0.05) is 12.1 Å². The molecule has 0 fully saturated rings. The number of methoxy groups -OCH3 is 1. The van der Waals surface area contributed by atoms with Crippen molar-refractivity contribution in [1.29, 1.82) is 0 Å². The van der Waals surface area contributed by atoms with Crippen LogP contribution in [0.5, 0.6) is 5.75 Å². The minimum atomic E-state index is -0.519. The summed E-state index contributed by atoms with van der Waals surface area (Å²) < 4.78 is 11.8. The molecule has 4 rings (SSSR count). The number of ether oxygens (including phenoxy) is 2. The van der Waals surface area contributed by atoms with E-state index in [1.165, 1.54) is 28.5 Å². The number of nitrogen functional groups attached to an aromatic ring is 1. The molecule has 3 heterocycles. The smallest absolute Gasteiger partial charge is 0.343 e. The largest absolute Gasteiger partial charge is 0.497 e. The fourth-order valence-corrected chi connectivity index (χ4v) is 3.83. The zero-order valence-electron chi connectivity index (χ0n) is 15.2. The minimum absolute atomic E-state index is 0.168. The zero-order valence-corrected chi connectivity index (χ0v) is 16.1. The molecule has 0 radical (unpaired) electrons. The first kappa shape index (κ1) is 17.9. The van der Waals surface area contributed by atoms with Gasteiger partial charge in [0.25, 0.3) is 0 Å². The number of fused-ring (bicyclic) bond motifs is 1. The maximum Gasteiger partial charge on any atom is 0.343 e. The number of rotatable bonds is 5. The van der Waals surface area contributed by atoms with E-state index >= 15 is 0 Å². The molecule has 0 saturated carbocycles. The fraction of sp³-hybridized carbons (Fsp3) is 0.158. The Morgan fingerprint density at radius 2 is 2.18 bits per heavy atom. The van der Waals surface area contributed by atoms with Gasteiger partial charge in [-0.2, -0.15) is 9.78 Å². The van der Waals surface area contributed by atoms with E-state index in [9.17, 15) is 4.79 Å². The topological polar surface area (TPSA) is 105 Å². The van der Waals surface area contributed by atoms with Gasteiger partial charge in [0.05, 0.1) is 25.3 Å². The number of thiophene rings is 1. The molecular weight excluding hydrogens is 378 g/mol. The number of hydrogen-bond acceptors (Lipinski definition) is 8. The number of anilines is 1. The highest BCUT2D eigenvalue weighted by molar-refractivity contribution is 7.17. The van der Waals surface area contributed by atoms with Crippen LogP contribution in [-0.2, 0) is 4.74 Å². The Labute approximate surface area is 164 Å². The first-order chi connectivity index (χ1) is 13.6. The van der Waals surface area contributed by atoms with Gasteiger partial charge in [0.2, 0.25) is 0 Å². The first-order valence-corrected chi connectivity index (χ1v) is 9.39. The second-order valence-electron chi connectivity index (χ2n) is 5.83. The van der Waals surface area contributed by atoms with Crippen LogP contribution in [0.15, 0.2) is 42.2 Å². The number of nitrogens with zero attached hydrogens (tertiary/aromatic N) is 4. The van der Waals surface area contributed by atoms with Crippen molar-refractivity contribution in [1.82, 2.24) is 19.7 Å². The quantitative estimate of drug-likeness (QED) is 0.517. The molecule has 0 bridgehead atoms. The van der Waals surface area contributed by atoms with Gasteiger partial charge in [0, 0.05) is 10.9 Å². The standard InChI is InChI=1S/C19H17N5O3S/c1-3-27-19(25)13-8-23-24(16(13)20)17-15-14(9-28-18(15)22-10-21-17)11-5-4-6-12(7-11)26-2/h4-10H,3,20H2,1-2H3. The van der Waals surface area contributed by atoms with Crippen molar-refractivity contribution in [3.05, 3.63) is 47.7 Å². The molecule has 2 N–H and O–H groups in total. The monoisotopic (exact) mass is 395 g/mol. The highest BCUT2D eigenvalue weighted by atomic mass is 32.1. The van der Waals surface area contributed by atoms with E-state index in [0.717, 1.165) is 27.1 Å². The average Bonchev–Trinajstić information content (AvgIpc) is 3.32. The van der Waals surface area contributed by atoms with E-state index in [1.54, 1.807) is 14.0 Å². The number of hydrogen-bond donors (Lipinski definition) is 1. The van der Waals surface area contributed by atoms with Crippen LogP contribution in [0.3, 0.4) is 0 Å². The van der Waals surface area contributed by atoms with Gasteiger partial charge in [-0.15, -0.1) is 11.3 Å². The van der Waals surface area contributed by atoms with Crippen molar-refractivity contribution < 1.29 is 14.3 Å². The minimum Gasteiger partial charge on any atom is -0.497 e. The third kappa shape index (κ3) is 2.95. The van der Waals surface area contributed by atoms with E-state index in [-0.39, 0.29) is 18.0 Å². The molecular formula is C19H17N5O3S. The van der Waals surface area contributed by atoms with Gasteiger partial charge in [-0.3, -0.25) is 0 Å². The van der Waals surface area contributed by atoms with Crippen molar-refractivity contribution in [3.8, 4) is 22.7 Å². The Balaban J connectivity index is 1.90. The van der Waals surface area contributed by atoms with Crippen LogP contribution in [0.4, 0.5) is 5.82 Å². The average molecular weight is 395 g/mol. The van der Waals surface area contributed by atoms with Crippen LogP contribution in [0.2, 0.25) is 0 Å². The van der Waals surface area contributed by atoms with E-state index in [4.69, 9.17) is 15.2 Å². The highest BCUT2D eigenvalue weighted by Crippen LogP contribution is 2.37. The molecule has 0 aliphatic heterocycles. The molecule has 0 unspecified atom stereocenters. The van der Waals surface area contributed by atoms with Gasteiger partial charge in [0.15, 0.2) is 5.82 Å². The van der Waals surface area contributed by atoms with Crippen molar-refractivity contribution in [2.45, 2.75) is 6.92 Å². The lowest BCUT2D eigenvalue weighted by Gasteiger charge is -2.08. The van der Waals surface area contributed by atoms with Crippen molar-refractivity contribution in [3.63, 3.8) is 0 Å². The van der Waals surface area contributed by atoms with E-state index in [1.807, 2.05) is 29.6 Å². The lowest BCUT2D eigenvalue weighted by molar-refractivity contribution is 0.0527. The van der Waals surface area contributed by atoms with Gasteiger partial charge < -0.3 is 15.2 Å². The van der Waals surface area contributed by atoms with Crippen LogP contribution < -0.4 is 10.5 Å². The Hall–Kier alpha value is -3.46. The molecule has 0 amide bonds. The maximum atomic E-state index is 12.1. The number of aromatic nitrogens is 4. The first-order valence-electron chi connectivity index (χ1n) is 8.51. The molecule has 8 nitrogen and oxygen atoms in total. The lowest BCUT2D eigenvalue weighted by Crippen LogP contribution is -2.10. The molecule has 0 spiro atoms. The lowest BCUT2D eigenvalue weighted by atomic mass is 10.1. The second kappa shape index (κ2) is 7.28. The summed E-state index contributed by atoms with van der Waals surface area (Å²) in [7, 11) is 1.63. The summed E-state index contributed by atoms with van der Waals surface area (Å²) in [6.45, 7) is 1.99. The molecule has 142 valence electrons. The summed E-state index contributed by atoms with van der Waals surface area (Å²) in [5, 5.41) is 7.07.